The van der Waals surface area contributed by atoms with E-state index in [1.807, 2.05) is 0 Å². The largest absolute Gasteiger partial charge is 0.423 e. The maximum atomic E-state index is 11.8. The van der Waals surface area contributed by atoms with Crippen molar-refractivity contribution in [1.29, 1.82) is 4.78 Å². The summed E-state index contributed by atoms with van der Waals surface area (Å²) in [5, 5.41) is 0.541. The highest BCUT2D eigenvalue weighted by Crippen LogP contribution is 2.18. The van der Waals surface area contributed by atoms with Crippen LogP contribution in [-0.4, -0.2) is 16.4 Å². The Hall–Kier alpha value is -1.85. The molecule has 20 heavy (non-hydrogen) atoms. The number of esters is 1. The van der Waals surface area contributed by atoms with Crippen LogP contribution in [0.15, 0.2) is 53.4 Å². The Bertz CT molecular complexity index is 722. The molecule has 0 radical (unpaired) electrons. The highest BCUT2D eigenvalue weighted by molar-refractivity contribution is 7.91. The van der Waals surface area contributed by atoms with Crippen molar-refractivity contribution >= 4 is 27.3 Å². The number of carbonyl (C=O) groups is 1. The van der Waals surface area contributed by atoms with E-state index in [9.17, 15) is 9.00 Å². The third kappa shape index (κ3) is 3.59. The van der Waals surface area contributed by atoms with Crippen molar-refractivity contribution in [1.82, 2.24) is 0 Å². The molecule has 0 aliphatic heterocycles. The van der Waals surface area contributed by atoms with Gasteiger partial charge in [0.15, 0.2) is 0 Å². The molecule has 0 heterocycles. The highest BCUT2D eigenvalue weighted by atomic mass is 35.5. The van der Waals surface area contributed by atoms with Crippen LogP contribution in [0.2, 0.25) is 5.02 Å². The van der Waals surface area contributed by atoms with Gasteiger partial charge in [0.2, 0.25) is 0 Å². The van der Waals surface area contributed by atoms with E-state index in [1.54, 1.807) is 24.3 Å². The lowest BCUT2D eigenvalue weighted by Gasteiger charge is -2.06. The van der Waals surface area contributed by atoms with E-state index in [-0.39, 0.29) is 0 Å². The van der Waals surface area contributed by atoms with Crippen molar-refractivity contribution in [3.8, 4) is 5.75 Å². The van der Waals surface area contributed by atoms with E-state index >= 15 is 0 Å². The Morgan fingerprint density at radius 3 is 2.15 bits per heavy atom. The summed E-state index contributed by atoms with van der Waals surface area (Å²) in [6.07, 6.45) is 1.34. The molecule has 0 fully saturated rings. The molecule has 2 rings (SSSR count). The van der Waals surface area contributed by atoms with E-state index < -0.39 is 15.7 Å². The standard InChI is InChI=1S/C14H12ClNO3S/c1-20(16,18)13-8-6-12(7-9-13)19-14(17)10-2-4-11(15)5-3-10/h2-9,16H,1H3/t20-/m1/s1. The predicted octanol–water partition coefficient (Wildman–Crippen LogP) is 3.59. The van der Waals surface area contributed by atoms with Gasteiger partial charge in [0.1, 0.15) is 5.75 Å². The summed E-state index contributed by atoms with van der Waals surface area (Å²) >= 11 is 5.74. The summed E-state index contributed by atoms with van der Waals surface area (Å²) < 4.78 is 24.1. The van der Waals surface area contributed by atoms with Crippen LogP contribution in [0.3, 0.4) is 0 Å². The van der Waals surface area contributed by atoms with Crippen LogP contribution >= 0.6 is 11.6 Å². The molecule has 0 amide bonds. The van der Waals surface area contributed by atoms with Crippen LogP contribution < -0.4 is 4.74 Å². The summed E-state index contributed by atoms with van der Waals surface area (Å²) in [4.78, 5) is 12.2. The molecule has 0 aliphatic rings. The van der Waals surface area contributed by atoms with Crippen LogP contribution in [0.1, 0.15) is 10.4 Å². The van der Waals surface area contributed by atoms with Crippen LogP contribution in [0.25, 0.3) is 0 Å². The van der Waals surface area contributed by atoms with Gasteiger partial charge < -0.3 is 4.74 Å². The molecular weight excluding hydrogens is 298 g/mol. The monoisotopic (exact) mass is 309 g/mol. The third-order valence-electron chi connectivity index (χ3n) is 2.56. The first kappa shape index (κ1) is 14.6. The summed E-state index contributed by atoms with van der Waals surface area (Å²) in [6, 6.07) is 12.4. The molecule has 0 saturated heterocycles. The molecular formula is C14H12ClNO3S. The highest BCUT2D eigenvalue weighted by Gasteiger charge is 2.09. The van der Waals surface area contributed by atoms with Crippen LogP contribution in [0, 0.1) is 4.78 Å². The average molecular weight is 310 g/mol. The Kier molecular flexibility index (Phi) is 4.11. The van der Waals surface area contributed by atoms with Gasteiger partial charge in [-0.15, -0.1) is 0 Å². The zero-order chi connectivity index (χ0) is 14.8. The molecule has 0 unspecified atom stereocenters. The first-order chi connectivity index (χ1) is 9.36. The van der Waals surface area contributed by atoms with E-state index in [0.29, 0.717) is 21.2 Å². The summed E-state index contributed by atoms with van der Waals surface area (Å²) in [7, 11) is -2.76. The SMILES string of the molecule is C[S@@](=N)(=O)c1ccc(OC(=O)c2ccc(Cl)cc2)cc1. The molecule has 2 aromatic carbocycles. The minimum atomic E-state index is -2.76. The number of halogens is 1. The fraction of sp³-hybridized carbons (Fsp3) is 0.0714. The number of carbonyl (C=O) groups excluding carboxylic acids is 1. The smallest absolute Gasteiger partial charge is 0.343 e. The zero-order valence-electron chi connectivity index (χ0n) is 10.6. The number of nitrogens with one attached hydrogen (secondary N) is 1. The molecule has 1 atom stereocenters. The van der Waals surface area contributed by atoms with Crippen molar-refractivity contribution in [2.24, 2.45) is 0 Å². The van der Waals surface area contributed by atoms with Crippen LogP contribution in [0.5, 0.6) is 5.75 Å². The normalized spacial score (nSPS) is 13.5. The zero-order valence-corrected chi connectivity index (χ0v) is 12.2. The topological polar surface area (TPSA) is 67.2 Å². The molecule has 104 valence electrons. The van der Waals surface area contributed by atoms with E-state index in [4.69, 9.17) is 21.1 Å². The van der Waals surface area contributed by atoms with Gasteiger partial charge in [-0.2, -0.15) is 0 Å². The fourth-order valence-corrected chi connectivity index (χ4v) is 2.30. The van der Waals surface area contributed by atoms with E-state index in [1.165, 1.54) is 30.5 Å². The summed E-state index contributed by atoms with van der Waals surface area (Å²) in [5.41, 5.74) is 0.387. The summed E-state index contributed by atoms with van der Waals surface area (Å²) in [5.74, 6) is -0.171. The molecule has 0 aromatic heterocycles. The van der Waals surface area contributed by atoms with Gasteiger partial charge in [0, 0.05) is 16.2 Å². The first-order valence-corrected chi connectivity index (χ1v) is 8.02. The van der Waals surface area contributed by atoms with Gasteiger partial charge in [0.25, 0.3) is 0 Å². The van der Waals surface area contributed by atoms with Gasteiger partial charge in [-0.05, 0) is 48.5 Å². The van der Waals surface area contributed by atoms with Gasteiger partial charge in [-0.1, -0.05) is 11.6 Å². The van der Waals surface area contributed by atoms with Gasteiger partial charge >= 0.3 is 5.97 Å². The second-order valence-electron chi connectivity index (χ2n) is 4.21. The van der Waals surface area contributed by atoms with Crippen molar-refractivity contribution < 1.29 is 13.7 Å². The first-order valence-electron chi connectivity index (χ1n) is 5.68. The summed E-state index contributed by atoms with van der Waals surface area (Å²) in [6.45, 7) is 0. The third-order valence-corrected chi connectivity index (χ3v) is 3.99. The Labute approximate surface area is 122 Å². The number of ether oxygens (including phenoxy) is 1. The lowest BCUT2D eigenvalue weighted by atomic mass is 10.2. The Morgan fingerprint density at radius 2 is 1.65 bits per heavy atom. The quantitative estimate of drug-likeness (QED) is 0.696. The Balaban J connectivity index is 2.14. The van der Waals surface area contributed by atoms with Crippen LogP contribution in [0.4, 0.5) is 0 Å². The maximum Gasteiger partial charge on any atom is 0.343 e. The van der Waals surface area contributed by atoms with E-state index in [0.717, 1.165) is 0 Å². The molecule has 2 aromatic rings. The number of benzene rings is 2. The Morgan fingerprint density at radius 1 is 1.10 bits per heavy atom. The number of rotatable bonds is 3. The maximum absolute atomic E-state index is 11.8. The lowest BCUT2D eigenvalue weighted by Crippen LogP contribution is -2.08. The van der Waals surface area contributed by atoms with Gasteiger partial charge in [0.05, 0.1) is 15.3 Å². The van der Waals surface area contributed by atoms with E-state index in [2.05, 4.69) is 0 Å². The molecule has 0 saturated carbocycles. The van der Waals surface area contributed by atoms with Crippen molar-refractivity contribution in [2.75, 3.05) is 6.26 Å². The molecule has 0 spiro atoms. The average Bonchev–Trinajstić information content (AvgIpc) is 2.39. The molecule has 0 bridgehead atoms. The van der Waals surface area contributed by atoms with Gasteiger partial charge in [-0.3, -0.25) is 0 Å². The van der Waals surface area contributed by atoms with Gasteiger partial charge in [-0.25, -0.2) is 13.8 Å². The van der Waals surface area contributed by atoms with Crippen molar-refractivity contribution in [2.45, 2.75) is 4.90 Å². The van der Waals surface area contributed by atoms with Crippen molar-refractivity contribution in [3.63, 3.8) is 0 Å². The minimum Gasteiger partial charge on any atom is -0.423 e. The fourth-order valence-electron chi connectivity index (χ4n) is 1.52. The number of hydrogen-bond acceptors (Lipinski definition) is 4. The minimum absolute atomic E-state index is 0.331. The molecule has 1 N–H and O–H groups in total. The molecule has 6 heteroatoms. The lowest BCUT2D eigenvalue weighted by molar-refractivity contribution is 0.0734. The second kappa shape index (κ2) is 5.64. The number of hydrogen-bond donors (Lipinski definition) is 1. The van der Waals surface area contributed by atoms with Crippen LogP contribution in [-0.2, 0) is 9.73 Å². The second-order valence-corrected chi connectivity index (χ2v) is 6.81. The predicted molar refractivity (Wildman–Crippen MR) is 77.9 cm³/mol. The molecule has 0 aliphatic carbocycles. The van der Waals surface area contributed by atoms with Crippen molar-refractivity contribution in [3.05, 3.63) is 59.1 Å². The molecule has 4 nitrogen and oxygen atoms in total.